The molecule has 1 aliphatic heterocycles. The van der Waals surface area contributed by atoms with Crippen molar-refractivity contribution in [3.8, 4) is 5.75 Å². The Morgan fingerprint density at radius 1 is 1.03 bits per heavy atom. The molecule has 0 radical (unpaired) electrons. The molecule has 0 spiro atoms. The Morgan fingerprint density at radius 3 is 2.13 bits per heavy atom. The second-order valence-electron chi connectivity index (χ2n) is 7.85. The van der Waals surface area contributed by atoms with E-state index < -0.39 is 23.8 Å². The first-order valence-corrected chi connectivity index (χ1v) is 9.95. The van der Waals surface area contributed by atoms with E-state index in [-0.39, 0.29) is 17.9 Å². The van der Waals surface area contributed by atoms with Crippen molar-refractivity contribution in [2.75, 3.05) is 13.7 Å². The van der Waals surface area contributed by atoms with Crippen LogP contribution >= 0.6 is 0 Å². The number of ether oxygens (including phenoxy) is 1. The number of likely N-dealkylation sites (tertiary alicyclic amines) is 1. The molecule has 2 unspecified atom stereocenters. The Hall–Kier alpha value is -3.12. The second kappa shape index (κ2) is 8.71. The predicted molar refractivity (Wildman–Crippen MR) is 114 cm³/mol. The first-order valence-electron chi connectivity index (χ1n) is 9.95. The van der Waals surface area contributed by atoms with Crippen molar-refractivity contribution >= 4 is 17.4 Å². The normalized spacial score (nSPS) is 19.4. The summed E-state index contributed by atoms with van der Waals surface area (Å²) < 4.78 is 5.14. The van der Waals surface area contributed by atoms with Gasteiger partial charge in [-0.1, -0.05) is 38.1 Å². The summed E-state index contributed by atoms with van der Waals surface area (Å²) in [6.45, 7) is 5.71. The third kappa shape index (κ3) is 4.09. The molecule has 1 fully saturated rings. The molecule has 1 saturated heterocycles. The number of aliphatic hydroxyl groups excluding tert-OH is 2. The summed E-state index contributed by atoms with van der Waals surface area (Å²) in [5.41, 5.74) is 2.26. The molecule has 158 valence electrons. The van der Waals surface area contributed by atoms with Crippen LogP contribution in [0.2, 0.25) is 0 Å². The van der Waals surface area contributed by atoms with E-state index in [4.69, 9.17) is 4.74 Å². The quantitative estimate of drug-likeness (QED) is 0.432. The van der Waals surface area contributed by atoms with Gasteiger partial charge in [0.25, 0.3) is 11.7 Å². The molecule has 0 aromatic heterocycles. The number of Topliss-reactive ketones (excluding diaryl/α,β-unsaturated/α-hetero) is 1. The van der Waals surface area contributed by atoms with Crippen LogP contribution in [-0.4, -0.2) is 46.6 Å². The van der Waals surface area contributed by atoms with Gasteiger partial charge in [0.05, 0.1) is 24.8 Å². The molecule has 1 heterocycles. The zero-order chi connectivity index (χ0) is 22.0. The van der Waals surface area contributed by atoms with Crippen LogP contribution < -0.4 is 4.74 Å². The predicted octanol–water partition coefficient (Wildman–Crippen LogP) is 3.62. The van der Waals surface area contributed by atoms with Crippen LogP contribution in [0.5, 0.6) is 5.75 Å². The molecule has 0 bridgehead atoms. The molecule has 6 nitrogen and oxygen atoms in total. The fourth-order valence-electron chi connectivity index (χ4n) is 3.67. The van der Waals surface area contributed by atoms with Crippen molar-refractivity contribution in [3.63, 3.8) is 0 Å². The van der Waals surface area contributed by atoms with Gasteiger partial charge < -0.3 is 19.8 Å². The average Bonchev–Trinajstić information content (AvgIpc) is 2.97. The van der Waals surface area contributed by atoms with E-state index in [0.717, 1.165) is 5.56 Å². The van der Waals surface area contributed by atoms with Crippen molar-refractivity contribution in [1.82, 2.24) is 4.90 Å². The SMILES string of the molecule is COc1ccc(/C(O)=C2\C(=O)C(=O)N(CC(C)O)C2c2ccc(C(C)C)cc2)cc1. The Bertz CT molecular complexity index is 958. The summed E-state index contributed by atoms with van der Waals surface area (Å²) in [7, 11) is 1.54. The number of aliphatic hydroxyl groups is 2. The van der Waals surface area contributed by atoms with E-state index >= 15 is 0 Å². The van der Waals surface area contributed by atoms with Gasteiger partial charge in [-0.25, -0.2) is 0 Å². The fraction of sp³-hybridized carbons (Fsp3) is 0.333. The number of carbonyl (C=O) groups excluding carboxylic acids is 2. The topological polar surface area (TPSA) is 87.1 Å². The van der Waals surface area contributed by atoms with E-state index in [2.05, 4.69) is 13.8 Å². The Balaban J connectivity index is 2.14. The Labute approximate surface area is 176 Å². The lowest BCUT2D eigenvalue weighted by Gasteiger charge is -2.26. The third-order valence-corrected chi connectivity index (χ3v) is 5.28. The summed E-state index contributed by atoms with van der Waals surface area (Å²) in [4.78, 5) is 27.0. The van der Waals surface area contributed by atoms with Crippen LogP contribution in [0.25, 0.3) is 5.76 Å². The summed E-state index contributed by atoms with van der Waals surface area (Å²) >= 11 is 0. The van der Waals surface area contributed by atoms with Crippen LogP contribution in [0.1, 0.15) is 49.4 Å². The fourth-order valence-corrected chi connectivity index (χ4v) is 3.67. The van der Waals surface area contributed by atoms with Crippen LogP contribution in [0.15, 0.2) is 54.1 Å². The number of benzene rings is 2. The van der Waals surface area contributed by atoms with E-state index in [0.29, 0.717) is 22.8 Å². The first-order chi connectivity index (χ1) is 14.2. The lowest BCUT2D eigenvalue weighted by Crippen LogP contribution is -2.35. The van der Waals surface area contributed by atoms with E-state index in [1.54, 1.807) is 31.2 Å². The number of amides is 1. The van der Waals surface area contributed by atoms with E-state index in [1.165, 1.54) is 12.0 Å². The van der Waals surface area contributed by atoms with Gasteiger partial charge >= 0.3 is 0 Å². The molecule has 0 aliphatic carbocycles. The zero-order valence-electron chi connectivity index (χ0n) is 17.6. The molecule has 2 atom stereocenters. The molecule has 0 saturated carbocycles. The summed E-state index contributed by atoms with van der Waals surface area (Å²) in [5, 5.41) is 20.9. The van der Waals surface area contributed by atoms with Crippen LogP contribution in [0.4, 0.5) is 0 Å². The van der Waals surface area contributed by atoms with Gasteiger partial charge in [0.2, 0.25) is 0 Å². The van der Waals surface area contributed by atoms with Gasteiger partial charge in [0.15, 0.2) is 0 Å². The maximum atomic E-state index is 12.9. The third-order valence-electron chi connectivity index (χ3n) is 5.28. The van der Waals surface area contributed by atoms with E-state index in [1.807, 2.05) is 24.3 Å². The summed E-state index contributed by atoms with van der Waals surface area (Å²) in [6, 6.07) is 13.5. The first kappa shape index (κ1) is 21.6. The molecule has 6 heteroatoms. The highest BCUT2D eigenvalue weighted by Gasteiger charge is 2.46. The van der Waals surface area contributed by atoms with Gasteiger partial charge in [0.1, 0.15) is 11.5 Å². The minimum atomic E-state index is -0.818. The molecular formula is C24H27NO5. The van der Waals surface area contributed by atoms with Crippen molar-refractivity contribution in [2.24, 2.45) is 0 Å². The summed E-state index contributed by atoms with van der Waals surface area (Å²) in [6.07, 6.45) is -0.818. The van der Waals surface area contributed by atoms with Gasteiger partial charge in [-0.15, -0.1) is 0 Å². The van der Waals surface area contributed by atoms with E-state index in [9.17, 15) is 19.8 Å². The van der Waals surface area contributed by atoms with Crippen LogP contribution in [0.3, 0.4) is 0 Å². The van der Waals surface area contributed by atoms with Crippen molar-refractivity contribution in [3.05, 3.63) is 70.8 Å². The number of β-amino-alcohol motifs (C(OH)–C–C–N with tert-alkyl or cyclic N) is 1. The number of rotatable bonds is 6. The number of methoxy groups -OCH3 is 1. The van der Waals surface area contributed by atoms with Crippen molar-refractivity contribution in [2.45, 2.75) is 38.8 Å². The zero-order valence-corrected chi connectivity index (χ0v) is 17.6. The number of hydrogen-bond acceptors (Lipinski definition) is 5. The molecule has 2 aromatic rings. The molecule has 2 N–H and O–H groups in total. The lowest BCUT2D eigenvalue weighted by atomic mass is 9.93. The highest BCUT2D eigenvalue weighted by molar-refractivity contribution is 6.46. The number of carbonyl (C=O) groups is 2. The molecule has 3 rings (SSSR count). The highest BCUT2D eigenvalue weighted by atomic mass is 16.5. The molecule has 1 aliphatic rings. The Kier molecular flexibility index (Phi) is 6.27. The van der Waals surface area contributed by atoms with Gasteiger partial charge in [-0.3, -0.25) is 9.59 Å². The smallest absolute Gasteiger partial charge is 0.295 e. The lowest BCUT2D eigenvalue weighted by molar-refractivity contribution is -0.140. The van der Waals surface area contributed by atoms with Crippen molar-refractivity contribution in [1.29, 1.82) is 0 Å². The van der Waals surface area contributed by atoms with Crippen LogP contribution in [0, 0.1) is 0 Å². The van der Waals surface area contributed by atoms with Gasteiger partial charge in [0, 0.05) is 12.1 Å². The second-order valence-corrected chi connectivity index (χ2v) is 7.85. The number of nitrogens with zero attached hydrogens (tertiary/aromatic N) is 1. The maximum absolute atomic E-state index is 12.9. The maximum Gasteiger partial charge on any atom is 0.295 e. The average molecular weight is 409 g/mol. The molecule has 30 heavy (non-hydrogen) atoms. The van der Waals surface area contributed by atoms with Gasteiger partial charge in [-0.05, 0) is 48.2 Å². The molecule has 1 amide bonds. The number of ketones is 1. The monoisotopic (exact) mass is 409 g/mol. The van der Waals surface area contributed by atoms with Gasteiger partial charge in [-0.2, -0.15) is 0 Å². The summed E-state index contributed by atoms with van der Waals surface area (Å²) in [5.74, 6) is -0.795. The standard InChI is InChI=1S/C24H27NO5/c1-14(2)16-5-7-17(8-6-16)21-20(23(28)24(29)25(21)13-15(3)26)22(27)18-9-11-19(30-4)12-10-18/h5-12,14-15,21,26-27H,13H2,1-4H3/b22-20+. The highest BCUT2D eigenvalue weighted by Crippen LogP contribution is 2.40. The van der Waals surface area contributed by atoms with Crippen LogP contribution in [-0.2, 0) is 9.59 Å². The molecule has 2 aromatic carbocycles. The minimum absolute atomic E-state index is 0.0133. The Morgan fingerprint density at radius 2 is 1.63 bits per heavy atom. The van der Waals surface area contributed by atoms with Crippen molar-refractivity contribution < 1.29 is 24.5 Å². The minimum Gasteiger partial charge on any atom is -0.507 e. The largest absolute Gasteiger partial charge is 0.507 e. The molecular weight excluding hydrogens is 382 g/mol. The number of hydrogen-bond donors (Lipinski definition) is 2.